The van der Waals surface area contributed by atoms with E-state index in [0.29, 0.717) is 30.6 Å². The number of hydrogen-bond donors (Lipinski definition) is 4. The molecular formula is C36H46N6O8S. The molecule has 14 nitrogen and oxygen atoms in total. The SMILES string of the molecule is CSC1=CC(=O)N(CCCCCC(=O)CCC(=O)N[C@@H](Cc2ccccc2)C(=O)C[C@@H](CC(C)C)C(=O)NCC(=O)Nc2ccnc(=O)[nH]2)C1=O. The summed E-state index contributed by atoms with van der Waals surface area (Å²) < 4.78 is 0. The summed E-state index contributed by atoms with van der Waals surface area (Å²) >= 11 is 1.23. The molecule has 0 bridgehead atoms. The highest BCUT2D eigenvalue weighted by molar-refractivity contribution is 8.03. The fourth-order valence-electron chi connectivity index (χ4n) is 5.54. The number of amides is 5. The van der Waals surface area contributed by atoms with E-state index in [2.05, 4.69) is 25.9 Å². The fourth-order valence-corrected chi connectivity index (χ4v) is 6.04. The van der Waals surface area contributed by atoms with Crippen LogP contribution in [0.1, 0.15) is 70.8 Å². The predicted molar refractivity (Wildman–Crippen MR) is 192 cm³/mol. The van der Waals surface area contributed by atoms with Gasteiger partial charge in [-0.15, -0.1) is 11.8 Å². The monoisotopic (exact) mass is 722 g/mol. The van der Waals surface area contributed by atoms with Crippen molar-refractivity contribution in [2.24, 2.45) is 11.8 Å². The number of ketones is 2. The van der Waals surface area contributed by atoms with Crippen LogP contribution in [0.25, 0.3) is 0 Å². The largest absolute Gasteiger partial charge is 0.347 e. The number of hydrogen-bond acceptors (Lipinski definition) is 10. The minimum atomic E-state index is -0.943. The predicted octanol–water partition coefficient (Wildman–Crippen LogP) is 2.70. The van der Waals surface area contributed by atoms with E-state index in [-0.39, 0.29) is 73.8 Å². The summed E-state index contributed by atoms with van der Waals surface area (Å²) in [5.74, 6) is -3.21. The summed E-state index contributed by atoms with van der Waals surface area (Å²) in [7, 11) is 0. The zero-order valence-electron chi connectivity index (χ0n) is 29.2. The topological polar surface area (TPSA) is 205 Å². The van der Waals surface area contributed by atoms with Gasteiger partial charge in [-0.25, -0.2) is 9.78 Å². The van der Waals surface area contributed by atoms with Gasteiger partial charge >= 0.3 is 5.69 Å². The summed E-state index contributed by atoms with van der Waals surface area (Å²) in [6, 6.07) is 9.58. The van der Waals surface area contributed by atoms with Gasteiger partial charge in [0.1, 0.15) is 11.6 Å². The number of aromatic nitrogens is 2. The van der Waals surface area contributed by atoms with Gasteiger partial charge in [0, 0.05) is 50.4 Å². The smallest absolute Gasteiger partial charge is 0.346 e. The van der Waals surface area contributed by atoms with Crippen molar-refractivity contribution in [3.05, 3.63) is 69.6 Å². The Morgan fingerprint density at radius 2 is 1.67 bits per heavy atom. The van der Waals surface area contributed by atoms with Crippen molar-refractivity contribution < 1.29 is 33.6 Å². The summed E-state index contributed by atoms with van der Waals surface area (Å²) in [5.41, 5.74) is 0.166. The van der Waals surface area contributed by atoms with Crippen molar-refractivity contribution in [2.75, 3.05) is 24.7 Å². The lowest BCUT2D eigenvalue weighted by atomic mass is 9.88. The maximum Gasteiger partial charge on any atom is 0.346 e. The normalized spacial score (nSPS) is 13.8. The van der Waals surface area contributed by atoms with Gasteiger partial charge in [-0.2, -0.15) is 0 Å². The molecule has 2 heterocycles. The number of imide groups is 1. The summed E-state index contributed by atoms with van der Waals surface area (Å²) in [6.45, 7) is 3.71. The molecule has 5 amide bonds. The van der Waals surface area contributed by atoms with Crippen molar-refractivity contribution in [3.8, 4) is 0 Å². The van der Waals surface area contributed by atoms with Gasteiger partial charge in [0.05, 0.1) is 17.5 Å². The number of thioether (sulfide) groups is 1. The van der Waals surface area contributed by atoms with Crippen LogP contribution in [-0.2, 0) is 40.0 Å². The molecule has 1 aromatic carbocycles. The van der Waals surface area contributed by atoms with E-state index < -0.39 is 41.9 Å². The molecule has 1 aromatic heterocycles. The highest BCUT2D eigenvalue weighted by atomic mass is 32.2. The Labute approximate surface area is 301 Å². The Morgan fingerprint density at radius 1 is 0.922 bits per heavy atom. The van der Waals surface area contributed by atoms with Gasteiger partial charge in [-0.1, -0.05) is 50.6 Å². The number of Topliss-reactive ketones (excluding diaryl/α,β-unsaturated/α-hetero) is 2. The van der Waals surface area contributed by atoms with E-state index in [1.165, 1.54) is 35.0 Å². The van der Waals surface area contributed by atoms with E-state index in [9.17, 15) is 38.4 Å². The van der Waals surface area contributed by atoms with Crippen molar-refractivity contribution in [1.82, 2.24) is 25.5 Å². The highest BCUT2D eigenvalue weighted by Crippen LogP contribution is 2.22. The molecule has 0 radical (unpaired) electrons. The molecule has 3 rings (SSSR count). The maximum atomic E-state index is 13.7. The highest BCUT2D eigenvalue weighted by Gasteiger charge is 2.30. The molecule has 0 saturated heterocycles. The number of anilines is 1. The second-order valence-electron chi connectivity index (χ2n) is 12.7. The zero-order valence-corrected chi connectivity index (χ0v) is 30.0. The second kappa shape index (κ2) is 20.7. The standard InChI is InChI=1S/C36H46N6O8S/c1-23(2)18-25(34(48)38-22-32(46)40-30-15-16-37-36(50)41-30)20-28(44)27(19-24-10-6-4-7-11-24)39-31(45)14-13-26(43)12-8-5-9-17-42-33(47)21-29(51-3)35(42)49/h4,6-7,10-11,15-16,21,23,25,27H,5,8-9,12-14,17-20,22H2,1-3H3,(H,38,48)(H,39,45)(H2,37,40,41,46,50)/t25-,27+/m1/s1. The molecule has 2 aromatic rings. The van der Waals surface area contributed by atoms with Gasteiger partial charge in [0.2, 0.25) is 17.7 Å². The molecule has 1 aliphatic rings. The van der Waals surface area contributed by atoms with Gasteiger partial charge in [-0.3, -0.25) is 43.4 Å². The lowest BCUT2D eigenvalue weighted by molar-refractivity contribution is -0.137. The van der Waals surface area contributed by atoms with Crippen LogP contribution in [0.5, 0.6) is 0 Å². The Kier molecular flexibility index (Phi) is 16.4. The number of aromatic amines is 1. The Morgan fingerprint density at radius 3 is 2.33 bits per heavy atom. The Balaban J connectivity index is 1.51. The zero-order chi connectivity index (χ0) is 37.3. The maximum absolute atomic E-state index is 13.7. The molecule has 0 saturated carbocycles. The van der Waals surface area contributed by atoms with Crippen LogP contribution in [-0.4, -0.2) is 81.4 Å². The van der Waals surface area contributed by atoms with Crippen molar-refractivity contribution in [3.63, 3.8) is 0 Å². The third-order valence-corrected chi connectivity index (χ3v) is 8.85. The molecular weight excluding hydrogens is 676 g/mol. The van der Waals surface area contributed by atoms with Crippen molar-refractivity contribution in [1.29, 1.82) is 0 Å². The number of H-pyrrole nitrogens is 1. The van der Waals surface area contributed by atoms with E-state index >= 15 is 0 Å². The third-order valence-electron chi connectivity index (χ3n) is 8.12. The molecule has 4 N–H and O–H groups in total. The number of benzene rings is 1. The van der Waals surface area contributed by atoms with Crippen LogP contribution in [0.2, 0.25) is 0 Å². The number of carbonyl (C=O) groups is 7. The average molecular weight is 723 g/mol. The summed E-state index contributed by atoms with van der Waals surface area (Å²) in [5, 5.41) is 7.81. The van der Waals surface area contributed by atoms with Crippen LogP contribution >= 0.6 is 11.8 Å². The van der Waals surface area contributed by atoms with E-state index in [0.717, 1.165) is 5.56 Å². The number of unbranched alkanes of at least 4 members (excludes halogenated alkanes) is 2. The molecule has 51 heavy (non-hydrogen) atoms. The molecule has 15 heteroatoms. The number of rotatable bonds is 22. The van der Waals surface area contributed by atoms with Crippen LogP contribution in [0.15, 0.2) is 58.4 Å². The van der Waals surface area contributed by atoms with Crippen LogP contribution in [0, 0.1) is 11.8 Å². The molecule has 0 unspecified atom stereocenters. The first-order chi connectivity index (χ1) is 24.4. The number of nitrogens with one attached hydrogen (secondary N) is 4. The second-order valence-corrected chi connectivity index (χ2v) is 13.6. The number of carbonyl (C=O) groups excluding carboxylic acids is 7. The first-order valence-corrected chi connectivity index (χ1v) is 18.2. The summed E-state index contributed by atoms with van der Waals surface area (Å²) in [6.07, 6.45) is 6.58. The van der Waals surface area contributed by atoms with E-state index in [1.807, 2.05) is 44.2 Å². The van der Waals surface area contributed by atoms with Gasteiger partial charge < -0.3 is 16.0 Å². The number of nitrogens with zero attached hydrogens (tertiary/aromatic N) is 2. The van der Waals surface area contributed by atoms with Crippen LogP contribution in [0.4, 0.5) is 5.82 Å². The van der Waals surface area contributed by atoms with Crippen molar-refractivity contribution >= 4 is 58.7 Å². The molecule has 0 aliphatic carbocycles. The van der Waals surface area contributed by atoms with Crippen LogP contribution < -0.4 is 21.6 Å². The quantitative estimate of drug-likeness (QED) is 0.103. The Bertz CT molecular complexity index is 1660. The van der Waals surface area contributed by atoms with Gasteiger partial charge in [0.25, 0.3) is 11.8 Å². The van der Waals surface area contributed by atoms with Crippen molar-refractivity contribution in [2.45, 2.75) is 77.7 Å². The van der Waals surface area contributed by atoms with E-state index in [1.54, 1.807) is 6.26 Å². The minimum Gasteiger partial charge on any atom is -0.347 e. The average Bonchev–Trinajstić information content (AvgIpc) is 3.37. The first kappa shape index (κ1) is 40.5. The minimum absolute atomic E-state index is 0.00396. The lowest BCUT2D eigenvalue weighted by Crippen LogP contribution is -2.45. The van der Waals surface area contributed by atoms with Gasteiger partial charge in [-0.05, 0) is 49.5 Å². The fraction of sp³-hybridized carbons (Fsp3) is 0.472. The molecule has 2 atom stereocenters. The summed E-state index contributed by atoms with van der Waals surface area (Å²) in [4.78, 5) is 108. The lowest BCUT2D eigenvalue weighted by Gasteiger charge is -2.22. The molecule has 274 valence electrons. The van der Waals surface area contributed by atoms with Gasteiger partial charge in [0.15, 0.2) is 5.78 Å². The Hall–Kier alpha value is -4.92. The van der Waals surface area contributed by atoms with Crippen LogP contribution in [0.3, 0.4) is 0 Å². The van der Waals surface area contributed by atoms with E-state index in [4.69, 9.17) is 0 Å². The molecule has 1 aliphatic heterocycles. The molecule has 0 spiro atoms. The molecule has 0 fully saturated rings. The first-order valence-electron chi connectivity index (χ1n) is 17.0. The third kappa shape index (κ3) is 14.1.